The highest BCUT2D eigenvalue weighted by molar-refractivity contribution is 5.71. The summed E-state index contributed by atoms with van der Waals surface area (Å²) >= 11 is 0. The summed E-state index contributed by atoms with van der Waals surface area (Å²) in [6.45, 7) is 6.53. The summed E-state index contributed by atoms with van der Waals surface area (Å²) in [5.74, 6) is -0.913. The van der Waals surface area contributed by atoms with E-state index in [1.807, 2.05) is 0 Å². The molecule has 0 amide bonds. The van der Waals surface area contributed by atoms with Gasteiger partial charge in [-0.15, -0.1) is 0 Å². The van der Waals surface area contributed by atoms with Crippen molar-refractivity contribution in [3.8, 4) is 0 Å². The van der Waals surface area contributed by atoms with Gasteiger partial charge in [0.15, 0.2) is 6.10 Å². The molecule has 1 atom stereocenters. The highest BCUT2D eigenvalue weighted by atomic mass is 16.6. The molecule has 0 aromatic carbocycles. The molecule has 0 aromatic heterocycles. The van der Waals surface area contributed by atoms with Crippen LogP contribution in [0.25, 0.3) is 0 Å². The van der Waals surface area contributed by atoms with Gasteiger partial charge in [0.25, 0.3) is 0 Å². The van der Waals surface area contributed by atoms with E-state index in [0.29, 0.717) is 19.3 Å². The third-order valence-corrected chi connectivity index (χ3v) is 13.4. The molecular formula is C66H116O6. The van der Waals surface area contributed by atoms with E-state index in [1.54, 1.807) is 0 Å². The Labute approximate surface area is 446 Å². The van der Waals surface area contributed by atoms with Gasteiger partial charge in [-0.1, -0.05) is 273 Å². The Hall–Kier alpha value is -3.15. The van der Waals surface area contributed by atoms with Crippen LogP contribution in [0.15, 0.2) is 72.9 Å². The van der Waals surface area contributed by atoms with E-state index in [1.165, 1.54) is 167 Å². The summed E-state index contributed by atoms with van der Waals surface area (Å²) in [7, 11) is 0. The molecule has 0 bridgehead atoms. The number of hydrogen-bond acceptors (Lipinski definition) is 6. The van der Waals surface area contributed by atoms with Gasteiger partial charge in [0.1, 0.15) is 13.2 Å². The Bertz CT molecular complexity index is 1340. The molecule has 1 unspecified atom stereocenters. The van der Waals surface area contributed by atoms with Crippen molar-refractivity contribution in [3.63, 3.8) is 0 Å². The molecule has 0 aliphatic carbocycles. The van der Waals surface area contributed by atoms with Crippen molar-refractivity contribution in [1.29, 1.82) is 0 Å². The van der Waals surface area contributed by atoms with Gasteiger partial charge < -0.3 is 14.2 Å². The van der Waals surface area contributed by atoms with E-state index < -0.39 is 6.10 Å². The SMILES string of the molecule is CC/C=C\C/C=C\C/C=C\C/C=C\C/C=C\CCCCCC(=O)OCC(COC(=O)CCCCCCC/C=C\CCCCCCCCC)OC(=O)CCCCCCCCCCCCCCCCCCCCC. The highest BCUT2D eigenvalue weighted by Crippen LogP contribution is 2.17. The molecule has 0 saturated heterocycles. The zero-order valence-electron chi connectivity index (χ0n) is 47.7. The lowest BCUT2D eigenvalue weighted by Crippen LogP contribution is -2.30. The van der Waals surface area contributed by atoms with Gasteiger partial charge in [-0.3, -0.25) is 14.4 Å². The molecule has 0 aliphatic heterocycles. The molecule has 0 heterocycles. The monoisotopic (exact) mass is 1000 g/mol. The minimum absolute atomic E-state index is 0.0878. The fraction of sp³-hybridized carbons (Fsp3) is 0.773. The van der Waals surface area contributed by atoms with Crippen LogP contribution in [0.4, 0.5) is 0 Å². The van der Waals surface area contributed by atoms with Gasteiger partial charge in [0.2, 0.25) is 0 Å². The van der Waals surface area contributed by atoms with Crippen LogP contribution in [-0.2, 0) is 28.6 Å². The number of esters is 3. The number of carbonyl (C=O) groups excluding carboxylic acids is 3. The van der Waals surface area contributed by atoms with Crippen molar-refractivity contribution in [2.45, 2.75) is 316 Å². The number of rotatable bonds is 56. The van der Waals surface area contributed by atoms with E-state index in [2.05, 4.69) is 93.7 Å². The van der Waals surface area contributed by atoms with Crippen molar-refractivity contribution < 1.29 is 28.6 Å². The number of hydrogen-bond donors (Lipinski definition) is 0. The third kappa shape index (κ3) is 57.7. The molecule has 0 aromatic rings. The van der Waals surface area contributed by atoms with Crippen LogP contribution in [0.1, 0.15) is 310 Å². The van der Waals surface area contributed by atoms with Crippen molar-refractivity contribution in [3.05, 3.63) is 72.9 Å². The molecule has 6 heteroatoms. The predicted octanol–water partition coefficient (Wildman–Crippen LogP) is 20.9. The number of unbranched alkanes of at least 4 members (excludes halogenated alkanes) is 33. The minimum atomic E-state index is -0.792. The van der Waals surface area contributed by atoms with E-state index in [-0.39, 0.29) is 31.1 Å². The number of ether oxygens (including phenoxy) is 3. The summed E-state index contributed by atoms with van der Waals surface area (Å²) < 4.78 is 16.9. The maximum absolute atomic E-state index is 12.9. The van der Waals surface area contributed by atoms with E-state index in [4.69, 9.17) is 14.2 Å². The lowest BCUT2D eigenvalue weighted by molar-refractivity contribution is -0.167. The number of allylic oxidation sites excluding steroid dienone is 12. The smallest absolute Gasteiger partial charge is 0.306 e. The predicted molar refractivity (Wildman–Crippen MR) is 311 cm³/mol. The van der Waals surface area contributed by atoms with Crippen LogP contribution in [-0.4, -0.2) is 37.2 Å². The molecule has 0 radical (unpaired) electrons. The maximum atomic E-state index is 12.9. The summed E-state index contributed by atoms with van der Waals surface area (Å²) in [5.41, 5.74) is 0. The Morgan fingerprint density at radius 1 is 0.292 bits per heavy atom. The topological polar surface area (TPSA) is 78.9 Å². The van der Waals surface area contributed by atoms with Gasteiger partial charge in [-0.2, -0.15) is 0 Å². The second-order valence-corrected chi connectivity index (χ2v) is 20.6. The van der Waals surface area contributed by atoms with Crippen molar-refractivity contribution in [2.75, 3.05) is 13.2 Å². The van der Waals surface area contributed by atoms with Gasteiger partial charge in [0.05, 0.1) is 0 Å². The normalized spacial score (nSPS) is 12.5. The van der Waals surface area contributed by atoms with Crippen LogP contribution in [0.2, 0.25) is 0 Å². The Balaban J connectivity index is 4.42. The first-order chi connectivity index (χ1) is 35.5. The molecule has 416 valence electrons. The molecule has 0 spiro atoms. The van der Waals surface area contributed by atoms with Crippen molar-refractivity contribution in [2.24, 2.45) is 0 Å². The third-order valence-electron chi connectivity index (χ3n) is 13.4. The molecule has 0 aliphatic rings. The molecule has 0 rings (SSSR count). The van der Waals surface area contributed by atoms with Crippen LogP contribution < -0.4 is 0 Å². The Kier molecular flexibility index (Phi) is 57.8. The second-order valence-electron chi connectivity index (χ2n) is 20.6. The van der Waals surface area contributed by atoms with Gasteiger partial charge in [-0.25, -0.2) is 0 Å². The molecular weight excluding hydrogens is 889 g/mol. The Morgan fingerprint density at radius 2 is 0.542 bits per heavy atom. The first kappa shape index (κ1) is 68.8. The highest BCUT2D eigenvalue weighted by Gasteiger charge is 2.19. The molecule has 0 saturated carbocycles. The van der Waals surface area contributed by atoms with Crippen LogP contribution in [0, 0.1) is 0 Å². The minimum Gasteiger partial charge on any atom is -0.462 e. The van der Waals surface area contributed by atoms with E-state index >= 15 is 0 Å². The zero-order chi connectivity index (χ0) is 52.2. The summed E-state index contributed by atoms with van der Waals surface area (Å²) in [6, 6.07) is 0. The average Bonchev–Trinajstić information content (AvgIpc) is 3.38. The van der Waals surface area contributed by atoms with Gasteiger partial charge in [-0.05, 0) is 89.9 Å². The van der Waals surface area contributed by atoms with Crippen molar-refractivity contribution in [1.82, 2.24) is 0 Å². The standard InChI is InChI=1S/C66H116O6/c1-4-7-10-13-16-19-22-25-28-31-33-35-38-41-44-47-50-53-56-59-65(68)71-62-63(61-70-64(67)58-55-52-49-46-43-40-37-30-27-24-21-18-15-12-9-6-3)72-66(69)60-57-54-51-48-45-42-39-36-34-32-29-26-23-20-17-14-11-8-5-2/h7,10,16,19,25,28,30,33,35,37,41,44,63H,4-6,8-9,11-15,17-18,20-24,26-27,29,31-32,34,36,38-40,42-43,45-62H2,1-3H3/b10-7-,19-16-,28-25-,35-33-,37-30-,44-41-. The molecule has 72 heavy (non-hydrogen) atoms. The summed E-state index contributed by atoms with van der Waals surface area (Å²) in [6.07, 6.45) is 77.6. The Morgan fingerprint density at radius 3 is 0.875 bits per heavy atom. The van der Waals surface area contributed by atoms with Crippen LogP contribution in [0.3, 0.4) is 0 Å². The molecule has 6 nitrogen and oxygen atoms in total. The van der Waals surface area contributed by atoms with Gasteiger partial charge in [0, 0.05) is 19.3 Å². The fourth-order valence-corrected chi connectivity index (χ4v) is 8.82. The lowest BCUT2D eigenvalue weighted by atomic mass is 10.0. The zero-order valence-corrected chi connectivity index (χ0v) is 47.7. The first-order valence-electron chi connectivity index (χ1n) is 30.9. The van der Waals surface area contributed by atoms with Gasteiger partial charge >= 0.3 is 17.9 Å². The molecule has 0 N–H and O–H groups in total. The summed E-state index contributed by atoms with van der Waals surface area (Å²) in [4.78, 5) is 38.3. The van der Waals surface area contributed by atoms with Crippen LogP contribution >= 0.6 is 0 Å². The summed E-state index contributed by atoms with van der Waals surface area (Å²) in [5, 5.41) is 0. The number of carbonyl (C=O) groups is 3. The van der Waals surface area contributed by atoms with Crippen molar-refractivity contribution >= 4 is 17.9 Å². The van der Waals surface area contributed by atoms with E-state index in [9.17, 15) is 14.4 Å². The quantitative estimate of drug-likeness (QED) is 0.0261. The largest absolute Gasteiger partial charge is 0.462 e. The molecule has 0 fully saturated rings. The van der Waals surface area contributed by atoms with Crippen LogP contribution in [0.5, 0.6) is 0 Å². The maximum Gasteiger partial charge on any atom is 0.306 e. The fourth-order valence-electron chi connectivity index (χ4n) is 8.82. The lowest BCUT2D eigenvalue weighted by Gasteiger charge is -2.18. The average molecular weight is 1010 g/mol. The second kappa shape index (κ2) is 60.4. The van der Waals surface area contributed by atoms with E-state index in [0.717, 1.165) is 103 Å². The first-order valence-corrected chi connectivity index (χ1v) is 30.9.